The van der Waals surface area contributed by atoms with Gasteiger partial charge in [-0.2, -0.15) is 0 Å². The molecule has 3 rings (SSSR count). The van der Waals surface area contributed by atoms with Gasteiger partial charge in [0, 0.05) is 19.4 Å². The molecule has 1 heterocycles. The number of halogens is 1. The maximum Gasteiger partial charge on any atom is 0.244 e. The van der Waals surface area contributed by atoms with E-state index in [4.69, 9.17) is 14.2 Å². The van der Waals surface area contributed by atoms with Gasteiger partial charge in [0.25, 0.3) is 0 Å². The quantitative estimate of drug-likeness (QED) is 0.881. The first kappa shape index (κ1) is 16.6. The molecule has 1 atom stereocenters. The van der Waals surface area contributed by atoms with E-state index in [1.165, 1.54) is 13.2 Å². The van der Waals surface area contributed by atoms with Gasteiger partial charge in [0.1, 0.15) is 16.5 Å². The summed E-state index contributed by atoms with van der Waals surface area (Å²) in [7, 11) is -2.56. The topological polar surface area (TPSA) is 73.9 Å². The zero-order chi connectivity index (χ0) is 16.5. The van der Waals surface area contributed by atoms with Crippen molar-refractivity contribution in [2.24, 2.45) is 0 Å². The molecule has 0 amide bonds. The van der Waals surface area contributed by atoms with Crippen LogP contribution < -0.4 is 9.46 Å². The van der Waals surface area contributed by atoms with Crippen LogP contribution in [0.15, 0.2) is 23.1 Å². The minimum Gasteiger partial charge on any atom is -0.495 e. The normalized spacial score (nSPS) is 23.5. The largest absolute Gasteiger partial charge is 0.495 e. The summed E-state index contributed by atoms with van der Waals surface area (Å²) in [5.41, 5.74) is 0. The summed E-state index contributed by atoms with van der Waals surface area (Å²) in [4.78, 5) is -0.227. The van der Waals surface area contributed by atoms with E-state index in [9.17, 15) is 12.8 Å². The van der Waals surface area contributed by atoms with E-state index in [0.717, 1.165) is 37.8 Å². The molecule has 2 fully saturated rings. The zero-order valence-corrected chi connectivity index (χ0v) is 13.7. The Balaban J connectivity index is 1.67. The van der Waals surface area contributed by atoms with Crippen LogP contribution in [-0.2, 0) is 19.5 Å². The number of hydrogen-bond donors (Lipinski definition) is 1. The molecule has 1 aliphatic carbocycles. The summed E-state index contributed by atoms with van der Waals surface area (Å²) in [6.45, 7) is 0.423. The third-order valence-corrected chi connectivity index (χ3v) is 5.64. The van der Waals surface area contributed by atoms with Crippen LogP contribution >= 0.6 is 0 Å². The Morgan fingerprint density at radius 2 is 2.13 bits per heavy atom. The molecule has 1 aromatic rings. The fraction of sp³-hybridized carbons (Fsp3) is 0.600. The molecule has 23 heavy (non-hydrogen) atoms. The number of benzene rings is 1. The van der Waals surface area contributed by atoms with E-state index in [-0.39, 0.29) is 23.3 Å². The molecular weight excluding hydrogens is 325 g/mol. The number of sulfonamides is 1. The van der Waals surface area contributed by atoms with Gasteiger partial charge in [-0.25, -0.2) is 17.5 Å². The molecule has 0 aromatic heterocycles. The van der Waals surface area contributed by atoms with Gasteiger partial charge in [-0.3, -0.25) is 0 Å². The number of nitrogens with one attached hydrogen (secondary N) is 1. The monoisotopic (exact) mass is 345 g/mol. The lowest BCUT2D eigenvalue weighted by Crippen LogP contribution is -2.35. The first-order valence-electron chi connectivity index (χ1n) is 7.59. The molecule has 1 saturated heterocycles. The zero-order valence-electron chi connectivity index (χ0n) is 12.9. The van der Waals surface area contributed by atoms with Gasteiger partial charge < -0.3 is 14.2 Å². The Bertz CT molecular complexity index is 672. The van der Waals surface area contributed by atoms with Gasteiger partial charge in [-0.05, 0) is 31.0 Å². The highest BCUT2D eigenvalue weighted by Crippen LogP contribution is 2.39. The highest BCUT2D eigenvalue weighted by Gasteiger charge is 2.43. The second kappa shape index (κ2) is 6.35. The summed E-state index contributed by atoms with van der Waals surface area (Å²) in [5.74, 6) is -1.08. The minimum absolute atomic E-state index is 0.0732. The maximum absolute atomic E-state index is 13.4. The third-order valence-electron chi connectivity index (χ3n) is 4.20. The number of ether oxygens (including phenoxy) is 3. The summed E-state index contributed by atoms with van der Waals surface area (Å²) in [6, 6.07) is 3.37. The lowest BCUT2D eigenvalue weighted by Gasteiger charge is -2.22. The fourth-order valence-corrected chi connectivity index (χ4v) is 4.28. The maximum atomic E-state index is 13.4. The molecule has 128 valence electrons. The smallest absolute Gasteiger partial charge is 0.244 e. The average Bonchev–Trinajstić information content (AvgIpc) is 3.16. The van der Waals surface area contributed by atoms with Crippen LogP contribution in [0.3, 0.4) is 0 Å². The van der Waals surface area contributed by atoms with E-state index < -0.39 is 21.6 Å². The molecule has 1 unspecified atom stereocenters. The Labute approximate surface area is 135 Å². The Morgan fingerprint density at radius 1 is 1.39 bits per heavy atom. The van der Waals surface area contributed by atoms with Crippen LogP contribution in [0.5, 0.6) is 5.75 Å². The number of rotatable bonds is 5. The van der Waals surface area contributed by atoms with Gasteiger partial charge >= 0.3 is 0 Å². The Morgan fingerprint density at radius 3 is 2.83 bits per heavy atom. The van der Waals surface area contributed by atoms with Crippen molar-refractivity contribution in [1.82, 2.24) is 4.72 Å². The van der Waals surface area contributed by atoms with Gasteiger partial charge in [-0.15, -0.1) is 0 Å². The summed E-state index contributed by atoms with van der Waals surface area (Å²) >= 11 is 0. The lowest BCUT2D eigenvalue weighted by atomic mass is 10.2. The Kier molecular flexibility index (Phi) is 4.59. The first-order valence-corrected chi connectivity index (χ1v) is 9.07. The number of methoxy groups -OCH3 is 1. The van der Waals surface area contributed by atoms with Crippen LogP contribution in [0.4, 0.5) is 4.39 Å². The van der Waals surface area contributed by atoms with Gasteiger partial charge in [0.15, 0.2) is 5.79 Å². The molecule has 1 spiro atoms. The van der Waals surface area contributed by atoms with Crippen molar-refractivity contribution in [2.75, 3.05) is 20.3 Å². The predicted molar refractivity (Wildman–Crippen MR) is 80.2 cm³/mol. The lowest BCUT2D eigenvalue weighted by molar-refractivity contribution is -0.160. The van der Waals surface area contributed by atoms with Gasteiger partial charge in [0.2, 0.25) is 10.0 Å². The van der Waals surface area contributed by atoms with Crippen molar-refractivity contribution in [3.05, 3.63) is 24.0 Å². The standard InChI is InChI=1S/C15H20FNO5S/c1-20-13-5-4-11(16)8-14(13)23(18,19)17-9-12-10-21-15(22-12)6-2-3-7-15/h4-5,8,12,17H,2-3,6-7,9-10H2,1H3. The fourth-order valence-electron chi connectivity index (χ4n) is 3.03. The second-order valence-electron chi connectivity index (χ2n) is 5.82. The highest BCUT2D eigenvalue weighted by molar-refractivity contribution is 7.89. The number of hydrogen-bond acceptors (Lipinski definition) is 5. The molecular formula is C15H20FNO5S. The first-order chi connectivity index (χ1) is 10.9. The third kappa shape index (κ3) is 3.50. The van der Waals surface area contributed by atoms with E-state index in [1.54, 1.807) is 0 Å². The van der Waals surface area contributed by atoms with E-state index >= 15 is 0 Å². The van der Waals surface area contributed by atoms with E-state index in [1.807, 2.05) is 0 Å². The van der Waals surface area contributed by atoms with Crippen molar-refractivity contribution in [3.8, 4) is 5.75 Å². The van der Waals surface area contributed by atoms with Crippen LogP contribution in [-0.4, -0.2) is 40.6 Å². The van der Waals surface area contributed by atoms with Crippen molar-refractivity contribution < 1.29 is 27.0 Å². The Hall–Kier alpha value is -1.22. The SMILES string of the molecule is COc1ccc(F)cc1S(=O)(=O)NCC1COC2(CCCC2)O1. The van der Waals surface area contributed by atoms with Crippen molar-refractivity contribution in [1.29, 1.82) is 0 Å². The van der Waals surface area contributed by atoms with Crippen LogP contribution in [0.2, 0.25) is 0 Å². The second-order valence-corrected chi connectivity index (χ2v) is 7.55. The average molecular weight is 345 g/mol. The molecule has 0 radical (unpaired) electrons. The van der Waals surface area contributed by atoms with E-state index in [0.29, 0.717) is 6.61 Å². The summed E-state index contributed by atoms with van der Waals surface area (Å²) in [6.07, 6.45) is 3.45. The molecule has 6 nitrogen and oxygen atoms in total. The van der Waals surface area contributed by atoms with Crippen molar-refractivity contribution >= 4 is 10.0 Å². The highest BCUT2D eigenvalue weighted by atomic mass is 32.2. The van der Waals surface area contributed by atoms with Gasteiger partial charge in [0.05, 0.1) is 19.8 Å². The molecule has 2 aliphatic rings. The summed E-state index contributed by atoms with van der Waals surface area (Å²) < 4.78 is 57.1. The van der Waals surface area contributed by atoms with Gasteiger partial charge in [-0.1, -0.05) is 0 Å². The molecule has 8 heteroatoms. The molecule has 1 aromatic carbocycles. The molecule has 0 bridgehead atoms. The molecule has 1 N–H and O–H groups in total. The molecule has 1 saturated carbocycles. The minimum atomic E-state index is -3.90. The van der Waals surface area contributed by atoms with Crippen LogP contribution in [0, 0.1) is 5.82 Å². The summed E-state index contributed by atoms with van der Waals surface area (Å²) in [5, 5.41) is 0. The van der Waals surface area contributed by atoms with Crippen molar-refractivity contribution in [3.63, 3.8) is 0 Å². The van der Waals surface area contributed by atoms with Crippen LogP contribution in [0.25, 0.3) is 0 Å². The predicted octanol–water partition coefficient (Wildman–Crippen LogP) is 1.80. The molecule has 1 aliphatic heterocycles. The van der Waals surface area contributed by atoms with E-state index in [2.05, 4.69) is 4.72 Å². The van der Waals surface area contributed by atoms with Crippen molar-refractivity contribution in [2.45, 2.75) is 42.5 Å². The van der Waals surface area contributed by atoms with Crippen LogP contribution in [0.1, 0.15) is 25.7 Å².